The van der Waals surface area contributed by atoms with Crippen molar-refractivity contribution in [3.63, 3.8) is 0 Å². The van der Waals surface area contributed by atoms with Gasteiger partial charge in [-0.15, -0.1) is 0 Å². The second-order valence-corrected chi connectivity index (χ2v) is 6.83. The molecule has 0 fully saturated rings. The zero-order valence-corrected chi connectivity index (χ0v) is 16.3. The number of anilines is 1. The van der Waals surface area contributed by atoms with Crippen molar-refractivity contribution in [1.29, 1.82) is 0 Å². The van der Waals surface area contributed by atoms with E-state index in [0.29, 0.717) is 6.54 Å². The van der Waals surface area contributed by atoms with Gasteiger partial charge in [0.1, 0.15) is 5.75 Å². The Labute approximate surface area is 166 Å². The molecule has 0 bridgehead atoms. The standard InChI is InChI=1S/C24H26N2O2/c1-18-9-8-13-22(15-18)26-24(27)17-28-23-14-7-6-12-21(23)16-25-19(2)20-10-4-3-5-11-20/h3-15,19,25H,16-17H2,1-2H3,(H,26,27)/t19-/m1/s1. The summed E-state index contributed by atoms with van der Waals surface area (Å²) < 4.78 is 5.79. The molecule has 0 aromatic heterocycles. The molecule has 0 aliphatic rings. The lowest BCUT2D eigenvalue weighted by atomic mass is 10.1. The molecular weight excluding hydrogens is 348 g/mol. The average Bonchev–Trinajstić information content (AvgIpc) is 2.71. The average molecular weight is 374 g/mol. The summed E-state index contributed by atoms with van der Waals surface area (Å²) in [5.41, 5.74) is 4.13. The lowest BCUT2D eigenvalue weighted by molar-refractivity contribution is -0.118. The topological polar surface area (TPSA) is 50.4 Å². The van der Waals surface area contributed by atoms with Gasteiger partial charge >= 0.3 is 0 Å². The molecule has 4 heteroatoms. The Bertz CT molecular complexity index is 909. The largest absolute Gasteiger partial charge is 0.483 e. The minimum atomic E-state index is -0.175. The van der Waals surface area contributed by atoms with Crippen LogP contribution < -0.4 is 15.4 Å². The first-order chi connectivity index (χ1) is 13.6. The molecule has 0 heterocycles. The fourth-order valence-corrected chi connectivity index (χ4v) is 2.98. The number of hydrogen-bond donors (Lipinski definition) is 2. The number of aryl methyl sites for hydroxylation is 1. The van der Waals surface area contributed by atoms with Gasteiger partial charge in [0, 0.05) is 23.8 Å². The van der Waals surface area contributed by atoms with Crippen LogP contribution in [0, 0.1) is 6.92 Å². The fraction of sp³-hybridized carbons (Fsp3) is 0.208. The van der Waals surface area contributed by atoms with Crippen molar-refractivity contribution in [2.45, 2.75) is 26.4 Å². The Balaban J connectivity index is 1.55. The first kappa shape index (κ1) is 19.6. The van der Waals surface area contributed by atoms with Crippen LogP contribution in [0.25, 0.3) is 0 Å². The lowest BCUT2D eigenvalue weighted by Crippen LogP contribution is -2.22. The van der Waals surface area contributed by atoms with Gasteiger partial charge in [-0.1, -0.05) is 60.7 Å². The van der Waals surface area contributed by atoms with Gasteiger partial charge in [0.2, 0.25) is 0 Å². The molecule has 2 N–H and O–H groups in total. The SMILES string of the molecule is Cc1cccc(NC(=O)COc2ccccc2CN[C@H](C)c2ccccc2)c1. The van der Waals surface area contributed by atoms with Crippen molar-refractivity contribution < 1.29 is 9.53 Å². The second kappa shape index (κ2) is 9.72. The lowest BCUT2D eigenvalue weighted by Gasteiger charge is -2.16. The maximum absolute atomic E-state index is 12.2. The number of nitrogens with one attached hydrogen (secondary N) is 2. The van der Waals surface area contributed by atoms with Crippen LogP contribution in [-0.4, -0.2) is 12.5 Å². The minimum absolute atomic E-state index is 0.0286. The van der Waals surface area contributed by atoms with Gasteiger partial charge in [0.05, 0.1) is 0 Å². The first-order valence-corrected chi connectivity index (χ1v) is 9.47. The molecule has 0 radical (unpaired) electrons. The van der Waals surface area contributed by atoms with E-state index in [1.807, 2.05) is 73.7 Å². The number of rotatable bonds is 8. The highest BCUT2D eigenvalue weighted by molar-refractivity contribution is 5.91. The van der Waals surface area contributed by atoms with Gasteiger partial charge in [-0.25, -0.2) is 0 Å². The third-order valence-corrected chi connectivity index (χ3v) is 4.53. The van der Waals surface area contributed by atoms with Gasteiger partial charge in [-0.2, -0.15) is 0 Å². The number of para-hydroxylation sites is 1. The van der Waals surface area contributed by atoms with Crippen molar-refractivity contribution >= 4 is 11.6 Å². The van der Waals surface area contributed by atoms with E-state index in [1.165, 1.54) is 5.56 Å². The number of carbonyl (C=O) groups excluding carboxylic acids is 1. The summed E-state index contributed by atoms with van der Waals surface area (Å²) in [5, 5.41) is 6.37. The summed E-state index contributed by atoms with van der Waals surface area (Å²) in [7, 11) is 0. The number of carbonyl (C=O) groups is 1. The molecule has 3 aromatic carbocycles. The van der Waals surface area contributed by atoms with Crippen molar-refractivity contribution in [3.8, 4) is 5.75 Å². The van der Waals surface area contributed by atoms with Crippen LogP contribution in [-0.2, 0) is 11.3 Å². The molecule has 28 heavy (non-hydrogen) atoms. The number of hydrogen-bond acceptors (Lipinski definition) is 3. The molecular formula is C24H26N2O2. The number of amides is 1. The number of benzene rings is 3. The van der Waals surface area contributed by atoms with Gasteiger partial charge in [0.25, 0.3) is 5.91 Å². The molecule has 144 valence electrons. The van der Waals surface area contributed by atoms with Gasteiger partial charge in [-0.05, 0) is 43.2 Å². The zero-order chi connectivity index (χ0) is 19.8. The van der Waals surface area contributed by atoms with Crippen LogP contribution in [0.1, 0.15) is 29.7 Å². The van der Waals surface area contributed by atoms with Crippen molar-refractivity contribution in [1.82, 2.24) is 5.32 Å². The molecule has 3 rings (SSSR count). The molecule has 0 saturated heterocycles. The number of ether oxygens (including phenoxy) is 1. The Kier molecular flexibility index (Phi) is 6.82. The third kappa shape index (κ3) is 5.69. The smallest absolute Gasteiger partial charge is 0.262 e. The van der Waals surface area contributed by atoms with E-state index in [4.69, 9.17) is 4.74 Å². The normalized spacial score (nSPS) is 11.6. The maximum Gasteiger partial charge on any atom is 0.262 e. The van der Waals surface area contributed by atoms with Crippen LogP contribution in [0.4, 0.5) is 5.69 Å². The van der Waals surface area contributed by atoms with E-state index in [0.717, 1.165) is 22.6 Å². The van der Waals surface area contributed by atoms with E-state index in [2.05, 4.69) is 29.7 Å². The summed E-state index contributed by atoms with van der Waals surface area (Å²) in [6.07, 6.45) is 0. The zero-order valence-electron chi connectivity index (χ0n) is 16.3. The van der Waals surface area contributed by atoms with Crippen molar-refractivity contribution in [2.24, 2.45) is 0 Å². The minimum Gasteiger partial charge on any atom is -0.483 e. The summed E-state index contributed by atoms with van der Waals surface area (Å²) >= 11 is 0. The highest BCUT2D eigenvalue weighted by Gasteiger charge is 2.09. The van der Waals surface area contributed by atoms with Crippen LogP contribution in [0.15, 0.2) is 78.9 Å². The Morgan fingerprint density at radius 2 is 1.71 bits per heavy atom. The Hall–Kier alpha value is -3.11. The van der Waals surface area contributed by atoms with E-state index in [1.54, 1.807) is 0 Å². The van der Waals surface area contributed by atoms with Gasteiger partial charge < -0.3 is 15.4 Å². The van der Waals surface area contributed by atoms with Crippen molar-refractivity contribution in [3.05, 3.63) is 95.6 Å². The summed E-state index contributed by atoms with van der Waals surface area (Å²) in [4.78, 5) is 12.2. The molecule has 0 spiro atoms. The molecule has 0 aliphatic carbocycles. The van der Waals surface area contributed by atoms with E-state index in [9.17, 15) is 4.79 Å². The Morgan fingerprint density at radius 1 is 0.964 bits per heavy atom. The molecule has 0 unspecified atom stereocenters. The van der Waals surface area contributed by atoms with E-state index >= 15 is 0 Å². The molecule has 3 aromatic rings. The van der Waals surface area contributed by atoms with Crippen LogP contribution in [0.3, 0.4) is 0 Å². The van der Waals surface area contributed by atoms with Gasteiger partial charge in [-0.3, -0.25) is 4.79 Å². The molecule has 0 aliphatic heterocycles. The van der Waals surface area contributed by atoms with Crippen LogP contribution in [0.2, 0.25) is 0 Å². The third-order valence-electron chi connectivity index (χ3n) is 4.53. The molecule has 0 saturated carbocycles. The quantitative estimate of drug-likeness (QED) is 0.592. The van der Waals surface area contributed by atoms with Crippen molar-refractivity contribution in [2.75, 3.05) is 11.9 Å². The fourth-order valence-electron chi connectivity index (χ4n) is 2.98. The first-order valence-electron chi connectivity index (χ1n) is 9.47. The van der Waals surface area contributed by atoms with Crippen LogP contribution in [0.5, 0.6) is 5.75 Å². The maximum atomic E-state index is 12.2. The highest BCUT2D eigenvalue weighted by atomic mass is 16.5. The molecule has 1 amide bonds. The molecule has 1 atom stereocenters. The van der Waals surface area contributed by atoms with E-state index < -0.39 is 0 Å². The summed E-state index contributed by atoms with van der Waals surface area (Å²) in [5.74, 6) is 0.542. The molecule has 4 nitrogen and oxygen atoms in total. The summed E-state index contributed by atoms with van der Waals surface area (Å²) in [6, 6.07) is 26.0. The van der Waals surface area contributed by atoms with Gasteiger partial charge in [0.15, 0.2) is 6.61 Å². The predicted octanol–water partition coefficient (Wildman–Crippen LogP) is 4.86. The summed E-state index contributed by atoms with van der Waals surface area (Å²) in [6.45, 7) is 4.75. The monoisotopic (exact) mass is 374 g/mol. The predicted molar refractivity (Wildman–Crippen MR) is 113 cm³/mol. The Morgan fingerprint density at radius 3 is 2.50 bits per heavy atom. The second-order valence-electron chi connectivity index (χ2n) is 6.83. The van der Waals surface area contributed by atoms with Crippen LogP contribution >= 0.6 is 0 Å². The van der Waals surface area contributed by atoms with E-state index in [-0.39, 0.29) is 18.6 Å². The highest BCUT2D eigenvalue weighted by Crippen LogP contribution is 2.20.